The minimum atomic E-state index is -0.350. The van der Waals surface area contributed by atoms with Crippen molar-refractivity contribution >= 4 is 23.8 Å². The van der Waals surface area contributed by atoms with Crippen molar-refractivity contribution in [2.75, 3.05) is 54.5 Å². The van der Waals surface area contributed by atoms with Crippen molar-refractivity contribution in [2.45, 2.75) is 26.7 Å². The van der Waals surface area contributed by atoms with Crippen LogP contribution in [0.15, 0.2) is 48.5 Å². The van der Waals surface area contributed by atoms with E-state index in [2.05, 4.69) is 0 Å². The Balaban J connectivity index is 0.00000684. The molecule has 0 aliphatic rings. The molecule has 0 aliphatic heterocycles. The summed E-state index contributed by atoms with van der Waals surface area (Å²) < 4.78 is 10.2. The molecule has 210 valence electrons. The van der Waals surface area contributed by atoms with Crippen molar-refractivity contribution in [3.8, 4) is 11.1 Å². The van der Waals surface area contributed by atoms with E-state index < -0.39 is 0 Å². The van der Waals surface area contributed by atoms with E-state index in [1.54, 1.807) is 0 Å². The average molecular weight is 658 g/mol. The van der Waals surface area contributed by atoms with Crippen LogP contribution in [0, 0.1) is 0 Å². The van der Waals surface area contributed by atoms with Crippen molar-refractivity contribution < 1.29 is 71.6 Å². The molecule has 0 saturated carbocycles. The monoisotopic (exact) mass is 656 g/mol. The molecule has 0 radical (unpaired) electrons. The number of esters is 2. The van der Waals surface area contributed by atoms with E-state index in [-0.39, 0.29) is 79.9 Å². The number of nitrogens with zero attached hydrogens (tertiary/aromatic N) is 2. The summed E-state index contributed by atoms with van der Waals surface area (Å²) in [6, 6.07) is 15.7. The number of ether oxygens (including phenoxy) is 2. The largest absolute Gasteiger partial charge is 1.00 e. The summed E-state index contributed by atoms with van der Waals surface area (Å²) in [6.45, 7) is 3.97. The highest BCUT2D eigenvalue weighted by Gasteiger charge is 2.27. The lowest BCUT2D eigenvalue weighted by atomic mass is 10.0. The van der Waals surface area contributed by atoms with Crippen molar-refractivity contribution in [3.05, 3.63) is 59.7 Å². The summed E-state index contributed by atoms with van der Waals surface area (Å²) >= 11 is 0. The molecule has 0 N–H and O–H groups in total. The molecule has 0 fully saturated rings. The van der Waals surface area contributed by atoms with Crippen LogP contribution >= 0.6 is 0 Å². The van der Waals surface area contributed by atoms with Gasteiger partial charge < -0.3 is 43.4 Å². The van der Waals surface area contributed by atoms with Gasteiger partial charge in [0.1, 0.15) is 26.3 Å². The third-order valence-corrected chi connectivity index (χ3v) is 6.21. The molecule has 2 aromatic rings. The number of benzene rings is 2. The highest BCUT2D eigenvalue weighted by atomic mass is 79.9. The molecule has 0 aromatic heterocycles. The van der Waals surface area contributed by atoms with Gasteiger partial charge in [-0.25, -0.2) is 9.59 Å². The summed E-state index contributed by atoms with van der Waals surface area (Å²) in [5.74, 6) is -0.620. The van der Waals surface area contributed by atoms with Gasteiger partial charge in [-0.2, -0.15) is 0 Å². The lowest BCUT2D eigenvalue weighted by Crippen LogP contribution is -3.00. The predicted molar refractivity (Wildman–Crippen MR) is 137 cm³/mol. The molecule has 8 nitrogen and oxygen atoms in total. The smallest absolute Gasteiger partial charge is 0.317 e. The summed E-state index contributed by atoms with van der Waals surface area (Å²) in [5, 5.41) is 0. The van der Waals surface area contributed by atoms with Gasteiger partial charge >= 0.3 is 23.8 Å². The third kappa shape index (κ3) is 11.6. The van der Waals surface area contributed by atoms with Gasteiger partial charge in [0.15, 0.2) is 0 Å². The molecule has 38 heavy (non-hydrogen) atoms. The molecule has 2 aromatic carbocycles. The number of halogens is 2. The fourth-order valence-electron chi connectivity index (χ4n) is 3.49. The van der Waals surface area contributed by atoms with Crippen LogP contribution in [0.2, 0.25) is 0 Å². The Labute approximate surface area is 246 Å². The first-order valence-corrected chi connectivity index (χ1v) is 12.0. The van der Waals surface area contributed by atoms with Crippen LogP contribution in [0.4, 0.5) is 0 Å². The van der Waals surface area contributed by atoms with Crippen LogP contribution in [0.5, 0.6) is 0 Å². The van der Waals surface area contributed by atoms with Crippen molar-refractivity contribution in [1.29, 1.82) is 0 Å². The SMILES string of the molecule is CC(=O)OCC[N+](C)(C)C(=O)Cc1ccc(-c2ccc(CC(=O)[N+](C)(C)CCOC(C)=O)cc2)cc1.[Br-].[Br-]. The average Bonchev–Trinajstić information content (AvgIpc) is 2.79. The van der Waals surface area contributed by atoms with Gasteiger partial charge in [-0.15, -0.1) is 0 Å². The van der Waals surface area contributed by atoms with E-state index >= 15 is 0 Å². The van der Waals surface area contributed by atoms with Crippen LogP contribution in [0.25, 0.3) is 11.1 Å². The van der Waals surface area contributed by atoms with E-state index in [9.17, 15) is 19.2 Å². The maximum Gasteiger partial charge on any atom is 0.317 e. The van der Waals surface area contributed by atoms with Crippen molar-refractivity contribution in [2.24, 2.45) is 0 Å². The lowest BCUT2D eigenvalue weighted by molar-refractivity contribution is -0.814. The molecule has 0 saturated heterocycles. The first-order valence-electron chi connectivity index (χ1n) is 12.0. The minimum Gasteiger partial charge on any atom is -1.00 e. The predicted octanol–water partition coefficient (Wildman–Crippen LogP) is -3.22. The zero-order valence-electron chi connectivity index (χ0n) is 23.0. The van der Waals surface area contributed by atoms with Gasteiger partial charge in [0.05, 0.1) is 41.0 Å². The Bertz CT molecular complexity index is 996. The van der Waals surface area contributed by atoms with E-state index in [1.807, 2.05) is 76.7 Å². The Kier molecular flexibility index (Phi) is 14.9. The van der Waals surface area contributed by atoms with Gasteiger partial charge in [-0.1, -0.05) is 48.5 Å². The number of rotatable bonds is 11. The van der Waals surface area contributed by atoms with Crippen LogP contribution in [0.3, 0.4) is 0 Å². The molecule has 0 heterocycles. The zero-order chi connectivity index (χ0) is 26.9. The first kappa shape index (κ1) is 35.6. The summed E-state index contributed by atoms with van der Waals surface area (Å²) in [5.41, 5.74) is 3.87. The molecular weight excluding hydrogens is 620 g/mol. The number of amides is 2. The molecule has 0 spiro atoms. The quantitative estimate of drug-likeness (QED) is 0.187. The van der Waals surface area contributed by atoms with Crippen LogP contribution < -0.4 is 34.0 Å². The highest BCUT2D eigenvalue weighted by Crippen LogP contribution is 2.22. The molecule has 0 unspecified atom stereocenters. The number of hydrogen-bond acceptors (Lipinski definition) is 6. The standard InChI is InChI=1S/C28H38N2O6.2BrH/c1-21(31)35-17-15-29(3,4)27(33)19-23-7-11-25(12-8-23)26-13-9-24(10-14-26)20-28(34)30(5,6)16-18-36-22(2)32;;/h7-14H,15-20H2,1-6H3;2*1H/q+2;;/p-2. The topological polar surface area (TPSA) is 86.7 Å². The molecule has 0 bridgehead atoms. The molecule has 0 aliphatic carbocycles. The van der Waals surface area contributed by atoms with Gasteiger partial charge in [0.2, 0.25) is 0 Å². The number of likely N-dealkylation sites (N-methyl/N-ethyl adjacent to an activating group) is 2. The minimum absolute atomic E-state index is 0. The highest BCUT2D eigenvalue weighted by molar-refractivity contribution is 5.74. The third-order valence-electron chi connectivity index (χ3n) is 6.21. The Morgan fingerprint density at radius 1 is 0.579 bits per heavy atom. The van der Waals surface area contributed by atoms with E-state index in [4.69, 9.17) is 9.47 Å². The van der Waals surface area contributed by atoms with E-state index in [0.29, 0.717) is 25.9 Å². The maximum absolute atomic E-state index is 12.7. The van der Waals surface area contributed by atoms with Crippen LogP contribution in [0.1, 0.15) is 25.0 Å². The van der Waals surface area contributed by atoms with Gasteiger partial charge in [-0.3, -0.25) is 18.6 Å². The van der Waals surface area contributed by atoms with Crippen LogP contribution in [-0.4, -0.2) is 87.2 Å². The fraction of sp³-hybridized carbons (Fsp3) is 0.429. The Morgan fingerprint density at radius 2 is 0.868 bits per heavy atom. The van der Waals surface area contributed by atoms with Crippen molar-refractivity contribution in [3.63, 3.8) is 0 Å². The Morgan fingerprint density at radius 3 is 1.13 bits per heavy atom. The van der Waals surface area contributed by atoms with Crippen molar-refractivity contribution in [1.82, 2.24) is 0 Å². The molecule has 10 heteroatoms. The maximum atomic E-state index is 12.7. The molecule has 2 amide bonds. The number of hydrogen-bond donors (Lipinski definition) is 0. The zero-order valence-corrected chi connectivity index (χ0v) is 26.1. The van der Waals surface area contributed by atoms with E-state index in [0.717, 1.165) is 22.3 Å². The Hall–Kier alpha value is -2.40. The second-order valence-corrected chi connectivity index (χ2v) is 10.0. The summed E-state index contributed by atoms with van der Waals surface area (Å²) in [6.07, 6.45) is 0.583. The molecular formula is C28H38Br2N2O6. The lowest BCUT2D eigenvalue weighted by Gasteiger charge is -2.26. The first-order chi connectivity index (χ1) is 16.8. The van der Waals surface area contributed by atoms with Gasteiger partial charge in [0.25, 0.3) is 0 Å². The van der Waals surface area contributed by atoms with Crippen LogP contribution in [-0.2, 0) is 41.5 Å². The number of carbonyl (C=O) groups excluding carboxylic acids is 4. The van der Waals surface area contributed by atoms with Gasteiger partial charge in [0, 0.05) is 13.8 Å². The summed E-state index contributed by atoms with van der Waals surface area (Å²) in [7, 11) is 7.25. The summed E-state index contributed by atoms with van der Waals surface area (Å²) in [4.78, 5) is 47.4. The van der Waals surface area contributed by atoms with Gasteiger partial charge in [-0.05, 0) is 22.3 Å². The normalized spacial score (nSPS) is 11.0. The number of carbonyl (C=O) groups is 4. The number of quaternary nitrogens is 2. The fourth-order valence-corrected chi connectivity index (χ4v) is 3.49. The molecule has 0 atom stereocenters. The molecule has 2 rings (SSSR count). The second kappa shape index (κ2) is 15.9. The van der Waals surface area contributed by atoms with E-state index in [1.165, 1.54) is 13.8 Å². The second-order valence-electron chi connectivity index (χ2n) is 10.0.